The Kier molecular flexibility index (Phi) is 8.16. The van der Waals surface area contributed by atoms with Gasteiger partial charge in [-0.25, -0.2) is 0 Å². The zero-order chi connectivity index (χ0) is 22.1. The highest BCUT2D eigenvalue weighted by atomic mass is 16.6. The summed E-state index contributed by atoms with van der Waals surface area (Å²) in [5.41, 5.74) is 1.39. The minimum absolute atomic E-state index is 0.0667. The fraction of sp³-hybridized carbons (Fsp3) is 0.333. The average molecular weight is 416 g/mol. The van der Waals surface area contributed by atoms with E-state index >= 15 is 0 Å². The van der Waals surface area contributed by atoms with Gasteiger partial charge in [-0.15, -0.1) is 0 Å². The number of carbonyl (C=O) groups excluding carboxylic acids is 2. The molecule has 2 rings (SSSR count). The van der Waals surface area contributed by atoms with Crippen LogP contribution in [0.2, 0.25) is 0 Å². The van der Waals surface area contributed by atoms with Crippen molar-refractivity contribution in [1.29, 1.82) is 0 Å². The maximum absolute atomic E-state index is 12.0. The summed E-state index contributed by atoms with van der Waals surface area (Å²) in [6.45, 7) is 3.31. The van der Waals surface area contributed by atoms with Crippen molar-refractivity contribution in [3.05, 3.63) is 57.6 Å². The predicted octanol–water partition coefficient (Wildman–Crippen LogP) is 3.56. The molecule has 0 aliphatic rings. The van der Waals surface area contributed by atoms with E-state index in [1.807, 2.05) is 0 Å². The fourth-order valence-corrected chi connectivity index (χ4v) is 2.54. The number of nitro groups is 1. The highest BCUT2D eigenvalue weighted by Gasteiger charge is 2.18. The number of carbonyl (C=O) groups is 2. The molecule has 2 aromatic carbocycles. The molecule has 9 heteroatoms. The van der Waals surface area contributed by atoms with E-state index in [0.29, 0.717) is 18.8 Å². The lowest BCUT2D eigenvalue weighted by Gasteiger charge is -2.10. The third-order valence-electron chi connectivity index (χ3n) is 4.30. The lowest BCUT2D eigenvalue weighted by Crippen LogP contribution is -2.21. The first-order valence-electron chi connectivity index (χ1n) is 9.28. The zero-order valence-electron chi connectivity index (χ0n) is 17.1. The first kappa shape index (κ1) is 22.7. The van der Waals surface area contributed by atoms with Gasteiger partial charge in [0.2, 0.25) is 0 Å². The van der Waals surface area contributed by atoms with Gasteiger partial charge in [-0.3, -0.25) is 19.7 Å². The molecule has 0 bridgehead atoms. The van der Waals surface area contributed by atoms with Crippen LogP contribution in [0.1, 0.15) is 24.0 Å². The van der Waals surface area contributed by atoms with Crippen LogP contribution in [0.15, 0.2) is 36.4 Å². The van der Waals surface area contributed by atoms with Crippen molar-refractivity contribution in [2.45, 2.75) is 26.7 Å². The maximum Gasteiger partial charge on any atom is 0.306 e. The third-order valence-corrected chi connectivity index (χ3v) is 4.30. The highest BCUT2D eigenvalue weighted by molar-refractivity contribution is 5.95. The Bertz CT molecular complexity index is 910. The first-order valence-corrected chi connectivity index (χ1v) is 9.28. The van der Waals surface area contributed by atoms with Gasteiger partial charge in [0.05, 0.1) is 18.6 Å². The topological polar surface area (TPSA) is 117 Å². The molecule has 0 aliphatic carbocycles. The maximum atomic E-state index is 12.0. The summed E-state index contributed by atoms with van der Waals surface area (Å²) in [4.78, 5) is 34.4. The number of benzene rings is 2. The summed E-state index contributed by atoms with van der Waals surface area (Å²) >= 11 is 0. The van der Waals surface area contributed by atoms with E-state index in [4.69, 9.17) is 14.2 Å². The number of ether oxygens (including phenoxy) is 3. The van der Waals surface area contributed by atoms with E-state index in [0.717, 1.165) is 16.9 Å². The second-order valence-corrected chi connectivity index (χ2v) is 6.55. The lowest BCUT2D eigenvalue weighted by molar-refractivity contribution is -0.384. The summed E-state index contributed by atoms with van der Waals surface area (Å²) in [5, 5.41) is 13.6. The van der Waals surface area contributed by atoms with Crippen LogP contribution in [-0.4, -0.2) is 37.1 Å². The highest BCUT2D eigenvalue weighted by Crippen LogP contribution is 2.27. The van der Waals surface area contributed by atoms with Crippen molar-refractivity contribution < 1.29 is 28.7 Å². The molecule has 30 heavy (non-hydrogen) atoms. The van der Waals surface area contributed by atoms with Gasteiger partial charge in [0.25, 0.3) is 11.6 Å². The average Bonchev–Trinajstić information content (AvgIpc) is 2.72. The van der Waals surface area contributed by atoms with Crippen LogP contribution in [0.4, 0.5) is 11.4 Å². The van der Waals surface area contributed by atoms with E-state index in [1.54, 1.807) is 45.2 Å². The minimum Gasteiger partial charge on any atom is -0.497 e. The summed E-state index contributed by atoms with van der Waals surface area (Å²) in [6, 6.07) is 9.95. The number of nitro benzene ring substituents is 1. The Labute approximate surface area is 174 Å². The second-order valence-electron chi connectivity index (χ2n) is 6.55. The number of hydrogen-bond donors (Lipinski definition) is 1. The molecule has 0 radical (unpaired) electrons. The number of rotatable bonds is 10. The summed E-state index contributed by atoms with van der Waals surface area (Å²) in [7, 11) is 1.57. The molecule has 2 aromatic rings. The zero-order valence-corrected chi connectivity index (χ0v) is 17.1. The third kappa shape index (κ3) is 6.77. The molecule has 0 fully saturated rings. The monoisotopic (exact) mass is 416 g/mol. The molecule has 0 saturated heterocycles. The summed E-state index contributed by atoms with van der Waals surface area (Å²) < 4.78 is 15.5. The molecule has 0 aliphatic heterocycles. The molecule has 0 unspecified atom stereocenters. The molecule has 160 valence electrons. The Morgan fingerprint density at radius 1 is 1.07 bits per heavy atom. The molecule has 0 heterocycles. The lowest BCUT2D eigenvalue weighted by atomic mass is 10.1. The number of hydrogen-bond acceptors (Lipinski definition) is 7. The Balaban J connectivity index is 1.73. The number of nitrogens with one attached hydrogen (secondary N) is 1. The van der Waals surface area contributed by atoms with E-state index in [-0.39, 0.29) is 17.8 Å². The normalized spacial score (nSPS) is 10.2. The molecular weight excluding hydrogens is 392 g/mol. The Morgan fingerprint density at radius 3 is 2.33 bits per heavy atom. The first-order chi connectivity index (χ1) is 14.3. The number of anilines is 1. The van der Waals surface area contributed by atoms with Crippen molar-refractivity contribution in [3.63, 3.8) is 0 Å². The van der Waals surface area contributed by atoms with Gasteiger partial charge < -0.3 is 19.5 Å². The van der Waals surface area contributed by atoms with Gasteiger partial charge in [0.15, 0.2) is 6.61 Å². The number of aryl methyl sites for hydroxylation is 2. The van der Waals surface area contributed by atoms with Gasteiger partial charge >= 0.3 is 5.97 Å². The Hall–Kier alpha value is -3.62. The number of methoxy groups -OCH3 is 1. The van der Waals surface area contributed by atoms with Crippen molar-refractivity contribution in [2.24, 2.45) is 0 Å². The molecule has 0 aromatic heterocycles. The molecule has 0 atom stereocenters. The summed E-state index contributed by atoms with van der Waals surface area (Å²) in [5.74, 6) is 0.163. The fourth-order valence-electron chi connectivity index (χ4n) is 2.54. The smallest absolute Gasteiger partial charge is 0.306 e. The Morgan fingerprint density at radius 2 is 1.70 bits per heavy atom. The van der Waals surface area contributed by atoms with E-state index in [9.17, 15) is 19.7 Å². The minimum atomic E-state index is -0.649. The quantitative estimate of drug-likeness (QED) is 0.272. The SMILES string of the molecule is COc1ccc(OCCCC(=O)OCC(=O)Nc2cc(C)c(C)cc2[N+](=O)[O-])cc1. The van der Waals surface area contributed by atoms with Crippen LogP contribution in [0, 0.1) is 24.0 Å². The van der Waals surface area contributed by atoms with Crippen LogP contribution in [-0.2, 0) is 14.3 Å². The molecule has 1 N–H and O–H groups in total. The van der Waals surface area contributed by atoms with Gasteiger partial charge in [0, 0.05) is 12.5 Å². The van der Waals surface area contributed by atoms with Crippen molar-refractivity contribution >= 4 is 23.3 Å². The van der Waals surface area contributed by atoms with E-state index < -0.39 is 23.4 Å². The van der Waals surface area contributed by atoms with Crippen LogP contribution in [0.25, 0.3) is 0 Å². The van der Waals surface area contributed by atoms with Gasteiger partial charge in [-0.1, -0.05) is 0 Å². The number of nitrogens with zero attached hydrogens (tertiary/aromatic N) is 1. The van der Waals surface area contributed by atoms with Crippen LogP contribution in [0.3, 0.4) is 0 Å². The standard InChI is InChI=1S/C21H24N2O7/c1-14-11-18(19(23(26)27)12-15(14)2)22-20(24)13-30-21(25)5-4-10-29-17-8-6-16(28-3)7-9-17/h6-9,11-12H,4-5,10,13H2,1-3H3,(H,22,24). The van der Waals surface area contributed by atoms with E-state index in [1.165, 1.54) is 12.1 Å². The largest absolute Gasteiger partial charge is 0.497 e. The van der Waals surface area contributed by atoms with Crippen molar-refractivity contribution in [1.82, 2.24) is 0 Å². The number of amides is 1. The van der Waals surface area contributed by atoms with Crippen LogP contribution in [0.5, 0.6) is 11.5 Å². The van der Waals surface area contributed by atoms with Crippen LogP contribution >= 0.6 is 0 Å². The van der Waals surface area contributed by atoms with Gasteiger partial charge in [0.1, 0.15) is 17.2 Å². The van der Waals surface area contributed by atoms with Crippen molar-refractivity contribution in [3.8, 4) is 11.5 Å². The van der Waals surface area contributed by atoms with Gasteiger partial charge in [-0.2, -0.15) is 0 Å². The molecule has 9 nitrogen and oxygen atoms in total. The van der Waals surface area contributed by atoms with Crippen molar-refractivity contribution in [2.75, 3.05) is 25.6 Å². The van der Waals surface area contributed by atoms with Crippen LogP contribution < -0.4 is 14.8 Å². The number of esters is 1. The molecule has 1 amide bonds. The molecule has 0 saturated carbocycles. The second kappa shape index (κ2) is 10.8. The van der Waals surface area contributed by atoms with Gasteiger partial charge in [-0.05, 0) is 61.7 Å². The van der Waals surface area contributed by atoms with E-state index in [2.05, 4.69) is 5.32 Å². The summed E-state index contributed by atoms with van der Waals surface area (Å²) in [6.07, 6.45) is 0.488. The molecule has 0 spiro atoms. The predicted molar refractivity (Wildman–Crippen MR) is 110 cm³/mol. The molecular formula is C21H24N2O7.